The van der Waals surface area contributed by atoms with Gasteiger partial charge < -0.3 is 16.2 Å². The predicted octanol–water partition coefficient (Wildman–Crippen LogP) is 2.56. The van der Waals surface area contributed by atoms with Gasteiger partial charge in [-0.3, -0.25) is 0 Å². The number of benzene rings is 1. The Morgan fingerprint density at radius 2 is 2.00 bits per heavy atom. The molecular weight excluding hydrogens is 259 g/mol. The van der Waals surface area contributed by atoms with Gasteiger partial charge in [-0.2, -0.15) is 4.98 Å². The van der Waals surface area contributed by atoms with Crippen LogP contribution in [0.1, 0.15) is 26.2 Å². The molecule has 0 fully saturated rings. The lowest BCUT2D eigenvalue weighted by Gasteiger charge is -2.09. The summed E-state index contributed by atoms with van der Waals surface area (Å²) < 4.78 is 13.8. The molecule has 0 spiro atoms. The minimum Gasteiger partial charge on any atom is -0.400 e. The van der Waals surface area contributed by atoms with E-state index in [0.717, 1.165) is 32.9 Å². The third kappa shape index (κ3) is 4.03. The number of nitrogens with zero attached hydrogens (tertiary/aromatic N) is 2. The van der Waals surface area contributed by atoms with E-state index in [4.69, 9.17) is 10.8 Å². The molecule has 5 nitrogen and oxygen atoms in total. The molecular formula is C14H21FN4O. The number of aliphatic hydroxyl groups excluding tert-OH is 1. The third-order valence-corrected chi connectivity index (χ3v) is 2.76. The first kappa shape index (κ1) is 16.1. The SMILES string of the molecule is CCCCCNc1nc(N)nc2cccc(F)c12.CO. The molecule has 0 unspecified atom stereocenters. The number of fused-ring (bicyclic) bond motifs is 1. The maximum atomic E-state index is 13.8. The topological polar surface area (TPSA) is 84.1 Å². The zero-order valence-corrected chi connectivity index (χ0v) is 11.9. The van der Waals surface area contributed by atoms with Gasteiger partial charge in [-0.25, -0.2) is 9.37 Å². The van der Waals surface area contributed by atoms with Crippen LogP contribution < -0.4 is 11.1 Å². The number of aromatic nitrogens is 2. The average molecular weight is 280 g/mol. The van der Waals surface area contributed by atoms with Crippen LogP contribution in [0.4, 0.5) is 16.2 Å². The summed E-state index contributed by atoms with van der Waals surface area (Å²) in [5.41, 5.74) is 6.15. The first-order valence-corrected chi connectivity index (χ1v) is 6.62. The van der Waals surface area contributed by atoms with Crippen molar-refractivity contribution in [2.45, 2.75) is 26.2 Å². The van der Waals surface area contributed by atoms with Crippen molar-refractivity contribution in [2.75, 3.05) is 24.7 Å². The number of unbranched alkanes of at least 4 members (excludes halogenated alkanes) is 2. The molecule has 6 heteroatoms. The summed E-state index contributed by atoms with van der Waals surface area (Å²) in [5.74, 6) is 0.309. The maximum Gasteiger partial charge on any atom is 0.222 e. The van der Waals surface area contributed by atoms with E-state index >= 15 is 0 Å². The molecule has 1 heterocycles. The number of rotatable bonds is 5. The van der Waals surface area contributed by atoms with E-state index in [1.165, 1.54) is 6.07 Å². The van der Waals surface area contributed by atoms with Crippen LogP contribution in [-0.4, -0.2) is 28.7 Å². The highest BCUT2D eigenvalue weighted by atomic mass is 19.1. The number of nitrogens with two attached hydrogens (primary N) is 1. The summed E-state index contributed by atoms with van der Waals surface area (Å²) in [4.78, 5) is 8.10. The monoisotopic (exact) mass is 280 g/mol. The van der Waals surface area contributed by atoms with Crippen molar-refractivity contribution in [1.82, 2.24) is 9.97 Å². The second-order valence-electron chi connectivity index (χ2n) is 4.20. The zero-order chi connectivity index (χ0) is 15.0. The number of aliphatic hydroxyl groups is 1. The highest BCUT2D eigenvalue weighted by Gasteiger charge is 2.09. The fourth-order valence-electron chi connectivity index (χ4n) is 1.87. The average Bonchev–Trinajstić information content (AvgIpc) is 2.45. The maximum absolute atomic E-state index is 13.8. The van der Waals surface area contributed by atoms with Gasteiger partial charge in [0.1, 0.15) is 11.6 Å². The van der Waals surface area contributed by atoms with Gasteiger partial charge >= 0.3 is 0 Å². The lowest BCUT2D eigenvalue weighted by atomic mass is 10.2. The van der Waals surface area contributed by atoms with Crippen molar-refractivity contribution in [3.63, 3.8) is 0 Å². The first-order chi connectivity index (χ1) is 9.72. The van der Waals surface area contributed by atoms with Gasteiger partial charge in [0, 0.05) is 13.7 Å². The lowest BCUT2D eigenvalue weighted by molar-refractivity contribution is 0.399. The summed E-state index contributed by atoms with van der Waals surface area (Å²) in [5, 5.41) is 10.5. The Bertz CT molecular complexity index is 548. The van der Waals surface area contributed by atoms with Crippen molar-refractivity contribution in [2.24, 2.45) is 0 Å². The number of halogens is 1. The Morgan fingerprint density at radius 1 is 1.25 bits per heavy atom. The molecule has 2 aromatic rings. The second-order valence-corrected chi connectivity index (χ2v) is 4.20. The van der Waals surface area contributed by atoms with Crippen LogP contribution in [-0.2, 0) is 0 Å². The third-order valence-electron chi connectivity index (χ3n) is 2.76. The van der Waals surface area contributed by atoms with Crippen LogP contribution >= 0.6 is 0 Å². The number of hydrogen-bond acceptors (Lipinski definition) is 5. The summed E-state index contributed by atoms with van der Waals surface area (Å²) in [6.07, 6.45) is 3.30. The smallest absolute Gasteiger partial charge is 0.222 e. The molecule has 4 N–H and O–H groups in total. The van der Waals surface area contributed by atoms with E-state index < -0.39 is 0 Å². The number of anilines is 2. The highest BCUT2D eigenvalue weighted by molar-refractivity contribution is 5.90. The van der Waals surface area contributed by atoms with E-state index in [1.54, 1.807) is 12.1 Å². The molecule has 0 radical (unpaired) electrons. The van der Waals surface area contributed by atoms with E-state index in [9.17, 15) is 4.39 Å². The number of nitrogens with one attached hydrogen (secondary N) is 1. The molecule has 20 heavy (non-hydrogen) atoms. The summed E-state index contributed by atoms with van der Waals surface area (Å²) >= 11 is 0. The molecule has 0 atom stereocenters. The van der Waals surface area contributed by atoms with Crippen molar-refractivity contribution < 1.29 is 9.50 Å². The normalized spacial score (nSPS) is 10.0. The molecule has 0 saturated carbocycles. The van der Waals surface area contributed by atoms with Gasteiger partial charge in [0.15, 0.2) is 0 Å². The Balaban J connectivity index is 0.000000956. The molecule has 0 aliphatic heterocycles. The van der Waals surface area contributed by atoms with Crippen LogP contribution in [0.3, 0.4) is 0 Å². The molecule has 0 saturated heterocycles. The van der Waals surface area contributed by atoms with Gasteiger partial charge in [-0.05, 0) is 18.6 Å². The molecule has 0 bridgehead atoms. The van der Waals surface area contributed by atoms with Gasteiger partial charge in [0.2, 0.25) is 5.95 Å². The lowest BCUT2D eigenvalue weighted by Crippen LogP contribution is -2.07. The van der Waals surface area contributed by atoms with Gasteiger partial charge in [-0.15, -0.1) is 0 Å². The molecule has 1 aromatic carbocycles. The molecule has 0 aliphatic carbocycles. The van der Waals surface area contributed by atoms with Crippen molar-refractivity contribution in [1.29, 1.82) is 0 Å². The molecule has 110 valence electrons. The van der Waals surface area contributed by atoms with Crippen LogP contribution in [0, 0.1) is 5.82 Å². The Kier molecular flexibility index (Phi) is 6.66. The first-order valence-electron chi connectivity index (χ1n) is 6.62. The largest absolute Gasteiger partial charge is 0.400 e. The van der Waals surface area contributed by atoms with E-state index in [-0.39, 0.29) is 11.8 Å². The Labute approximate surface area is 118 Å². The summed E-state index contributed by atoms with van der Waals surface area (Å²) in [6, 6.07) is 4.75. The van der Waals surface area contributed by atoms with Crippen LogP contribution in [0.15, 0.2) is 18.2 Å². The van der Waals surface area contributed by atoms with Gasteiger partial charge in [0.25, 0.3) is 0 Å². The highest BCUT2D eigenvalue weighted by Crippen LogP contribution is 2.24. The fraction of sp³-hybridized carbons (Fsp3) is 0.429. The second kappa shape index (κ2) is 8.27. The van der Waals surface area contributed by atoms with Crippen LogP contribution in [0.25, 0.3) is 10.9 Å². The fourth-order valence-corrected chi connectivity index (χ4v) is 1.87. The minimum absolute atomic E-state index is 0.158. The van der Waals surface area contributed by atoms with Gasteiger partial charge in [-0.1, -0.05) is 25.8 Å². The van der Waals surface area contributed by atoms with E-state index in [0.29, 0.717) is 16.7 Å². The van der Waals surface area contributed by atoms with Gasteiger partial charge in [0.05, 0.1) is 10.9 Å². The molecule has 2 rings (SSSR count). The molecule has 0 aliphatic rings. The number of nitrogen functional groups attached to an aromatic ring is 1. The van der Waals surface area contributed by atoms with Crippen LogP contribution in [0.5, 0.6) is 0 Å². The van der Waals surface area contributed by atoms with Crippen molar-refractivity contribution >= 4 is 22.7 Å². The van der Waals surface area contributed by atoms with E-state index in [1.807, 2.05) is 0 Å². The molecule has 0 amide bonds. The summed E-state index contributed by atoms with van der Waals surface area (Å²) in [7, 11) is 1.00. The molecule has 1 aromatic heterocycles. The Hall–Kier alpha value is -1.95. The Morgan fingerprint density at radius 3 is 2.70 bits per heavy atom. The number of hydrogen-bond donors (Lipinski definition) is 3. The van der Waals surface area contributed by atoms with Crippen LogP contribution in [0.2, 0.25) is 0 Å². The van der Waals surface area contributed by atoms with Crippen molar-refractivity contribution in [3.05, 3.63) is 24.0 Å². The zero-order valence-electron chi connectivity index (χ0n) is 11.9. The quantitative estimate of drug-likeness (QED) is 0.733. The van der Waals surface area contributed by atoms with E-state index in [2.05, 4.69) is 22.2 Å². The minimum atomic E-state index is -0.328. The standard InChI is InChI=1S/C13H17FN4.CH4O/c1-2-3-4-8-16-12-11-9(14)6-5-7-10(11)17-13(15)18-12;1-2/h5-7H,2-4,8H2,1H3,(H3,15,16,17,18);2H,1H3. The summed E-state index contributed by atoms with van der Waals surface area (Å²) in [6.45, 7) is 2.89. The predicted molar refractivity (Wildman–Crippen MR) is 80.1 cm³/mol. The van der Waals surface area contributed by atoms with Crippen molar-refractivity contribution in [3.8, 4) is 0 Å².